The number of hydrogen-bond donors (Lipinski definition) is 0. The topological polar surface area (TPSA) is 16.1 Å². The number of nitrogens with zero attached hydrogens (tertiary/aromatic N) is 2. The Morgan fingerprint density at radius 3 is 3.07 bits per heavy atom. The Balaban J connectivity index is 1.82. The summed E-state index contributed by atoms with van der Waals surface area (Å²) in [7, 11) is 2.25. The zero-order valence-corrected chi connectivity index (χ0v) is 9.52. The van der Waals surface area contributed by atoms with Crippen LogP contribution in [0.5, 0.6) is 0 Å². The van der Waals surface area contributed by atoms with Crippen molar-refractivity contribution in [2.45, 2.75) is 38.1 Å². The Morgan fingerprint density at radius 2 is 2.33 bits per heavy atom. The molecule has 1 fully saturated rings. The van der Waals surface area contributed by atoms with Gasteiger partial charge >= 0.3 is 0 Å². The molecule has 0 aliphatic carbocycles. The average molecular weight is 204 g/mol. The molecule has 2 nitrogen and oxygen atoms in total. The largest absolute Gasteiger partial charge is 0.303 e. The van der Waals surface area contributed by atoms with E-state index in [2.05, 4.69) is 29.1 Å². The molecule has 0 saturated carbocycles. The first-order chi connectivity index (χ1) is 7.36. The number of rotatable bonds is 3. The van der Waals surface area contributed by atoms with Gasteiger partial charge in [0.05, 0.1) is 0 Å². The van der Waals surface area contributed by atoms with Crippen LogP contribution >= 0.6 is 0 Å². The third kappa shape index (κ3) is 3.03. The lowest BCUT2D eigenvalue weighted by Gasteiger charge is -2.32. The summed E-state index contributed by atoms with van der Waals surface area (Å²) < 4.78 is 0. The maximum atomic E-state index is 4.37. The molecule has 0 bridgehead atoms. The fourth-order valence-corrected chi connectivity index (χ4v) is 2.37. The van der Waals surface area contributed by atoms with Gasteiger partial charge in [0.1, 0.15) is 0 Å². The third-order valence-corrected chi connectivity index (χ3v) is 3.38. The minimum Gasteiger partial charge on any atom is -0.303 e. The molecule has 0 N–H and O–H groups in total. The van der Waals surface area contributed by atoms with Gasteiger partial charge in [-0.15, -0.1) is 0 Å². The van der Waals surface area contributed by atoms with Gasteiger partial charge in [-0.2, -0.15) is 0 Å². The summed E-state index contributed by atoms with van der Waals surface area (Å²) in [6.07, 6.45) is 8.40. The van der Waals surface area contributed by atoms with E-state index in [1.54, 1.807) is 0 Å². The standard InChI is InChI=1S/C13H20N2/c1-15-11-5-3-7-13(15)9-8-12-6-2-4-10-14-12/h2,4,6,10,13H,3,5,7-9,11H2,1H3. The SMILES string of the molecule is CN1CCCCC1CCc1ccccn1. The number of likely N-dealkylation sites (tertiary alicyclic amines) is 1. The van der Waals surface area contributed by atoms with Crippen molar-refractivity contribution in [1.29, 1.82) is 0 Å². The van der Waals surface area contributed by atoms with Crippen LogP contribution in [0.3, 0.4) is 0 Å². The van der Waals surface area contributed by atoms with E-state index in [0.29, 0.717) is 0 Å². The van der Waals surface area contributed by atoms with Gasteiger partial charge in [0.15, 0.2) is 0 Å². The van der Waals surface area contributed by atoms with Gasteiger partial charge in [-0.25, -0.2) is 0 Å². The molecule has 1 atom stereocenters. The maximum absolute atomic E-state index is 4.37. The number of aromatic nitrogens is 1. The van der Waals surface area contributed by atoms with Crippen molar-refractivity contribution in [3.8, 4) is 0 Å². The van der Waals surface area contributed by atoms with Crippen LogP contribution in [0, 0.1) is 0 Å². The molecule has 0 aromatic carbocycles. The highest BCUT2D eigenvalue weighted by molar-refractivity contribution is 5.03. The smallest absolute Gasteiger partial charge is 0.0404 e. The highest BCUT2D eigenvalue weighted by Gasteiger charge is 2.18. The van der Waals surface area contributed by atoms with Crippen LogP contribution in [0.2, 0.25) is 0 Å². The zero-order valence-electron chi connectivity index (χ0n) is 9.52. The summed E-state index contributed by atoms with van der Waals surface area (Å²) >= 11 is 0. The normalized spacial score (nSPS) is 22.9. The Hall–Kier alpha value is -0.890. The summed E-state index contributed by atoms with van der Waals surface area (Å²) in [5.41, 5.74) is 1.23. The molecule has 2 heteroatoms. The highest BCUT2D eigenvalue weighted by Crippen LogP contribution is 2.18. The van der Waals surface area contributed by atoms with E-state index in [4.69, 9.17) is 0 Å². The first kappa shape index (κ1) is 10.6. The Morgan fingerprint density at radius 1 is 1.40 bits per heavy atom. The number of piperidine rings is 1. The van der Waals surface area contributed by atoms with Crippen molar-refractivity contribution < 1.29 is 0 Å². The number of hydrogen-bond acceptors (Lipinski definition) is 2. The lowest BCUT2D eigenvalue weighted by molar-refractivity contribution is 0.176. The summed E-state index contributed by atoms with van der Waals surface area (Å²) in [4.78, 5) is 6.88. The minimum atomic E-state index is 0.778. The van der Waals surface area contributed by atoms with Gasteiger partial charge < -0.3 is 4.90 Å². The Kier molecular flexibility index (Phi) is 3.73. The van der Waals surface area contributed by atoms with E-state index in [1.165, 1.54) is 37.9 Å². The van der Waals surface area contributed by atoms with Crippen LogP contribution in [-0.4, -0.2) is 29.5 Å². The van der Waals surface area contributed by atoms with E-state index in [0.717, 1.165) is 12.5 Å². The molecule has 1 aliphatic heterocycles. The van der Waals surface area contributed by atoms with E-state index in [9.17, 15) is 0 Å². The van der Waals surface area contributed by atoms with Gasteiger partial charge in [0.25, 0.3) is 0 Å². The lowest BCUT2D eigenvalue weighted by Crippen LogP contribution is -2.36. The highest BCUT2D eigenvalue weighted by atomic mass is 15.1. The average Bonchev–Trinajstić information content (AvgIpc) is 2.29. The van der Waals surface area contributed by atoms with Crippen molar-refractivity contribution in [2.75, 3.05) is 13.6 Å². The maximum Gasteiger partial charge on any atom is 0.0404 e. The van der Waals surface area contributed by atoms with Crippen LogP contribution < -0.4 is 0 Å². The predicted molar refractivity (Wildman–Crippen MR) is 62.8 cm³/mol. The lowest BCUT2D eigenvalue weighted by atomic mass is 9.98. The molecule has 0 spiro atoms. The molecule has 1 aromatic heterocycles. The fourth-order valence-electron chi connectivity index (χ4n) is 2.37. The monoisotopic (exact) mass is 204 g/mol. The molecule has 1 aromatic rings. The van der Waals surface area contributed by atoms with Crippen LogP contribution in [0.1, 0.15) is 31.4 Å². The van der Waals surface area contributed by atoms with Gasteiger partial charge in [-0.1, -0.05) is 12.5 Å². The van der Waals surface area contributed by atoms with Gasteiger partial charge in [0, 0.05) is 17.9 Å². The van der Waals surface area contributed by atoms with E-state index in [1.807, 2.05) is 12.3 Å². The van der Waals surface area contributed by atoms with Crippen LogP contribution in [0.25, 0.3) is 0 Å². The van der Waals surface area contributed by atoms with E-state index in [-0.39, 0.29) is 0 Å². The number of pyridine rings is 1. The zero-order chi connectivity index (χ0) is 10.5. The molecule has 1 unspecified atom stereocenters. The van der Waals surface area contributed by atoms with Crippen molar-refractivity contribution in [3.05, 3.63) is 30.1 Å². The van der Waals surface area contributed by atoms with E-state index < -0.39 is 0 Å². The van der Waals surface area contributed by atoms with Crippen LogP contribution in [0.15, 0.2) is 24.4 Å². The molecule has 1 aliphatic rings. The van der Waals surface area contributed by atoms with Crippen molar-refractivity contribution in [1.82, 2.24) is 9.88 Å². The van der Waals surface area contributed by atoms with Crippen molar-refractivity contribution in [2.24, 2.45) is 0 Å². The Bertz CT molecular complexity index is 284. The molecule has 0 radical (unpaired) electrons. The summed E-state index contributed by atoms with van der Waals surface area (Å²) in [5.74, 6) is 0. The summed E-state index contributed by atoms with van der Waals surface area (Å²) in [6.45, 7) is 1.27. The minimum absolute atomic E-state index is 0.778. The van der Waals surface area contributed by atoms with Gasteiger partial charge in [-0.3, -0.25) is 4.98 Å². The third-order valence-electron chi connectivity index (χ3n) is 3.38. The summed E-state index contributed by atoms with van der Waals surface area (Å²) in [6, 6.07) is 6.96. The molecule has 0 amide bonds. The van der Waals surface area contributed by atoms with Gasteiger partial charge in [0.2, 0.25) is 0 Å². The van der Waals surface area contributed by atoms with Crippen molar-refractivity contribution >= 4 is 0 Å². The molecular formula is C13H20N2. The second kappa shape index (κ2) is 5.26. The molecule has 82 valence electrons. The molecule has 15 heavy (non-hydrogen) atoms. The second-order valence-electron chi connectivity index (χ2n) is 4.49. The molecule has 2 heterocycles. The molecule has 1 saturated heterocycles. The predicted octanol–water partition coefficient (Wildman–Crippen LogP) is 2.50. The number of aryl methyl sites for hydroxylation is 1. The van der Waals surface area contributed by atoms with Crippen molar-refractivity contribution in [3.63, 3.8) is 0 Å². The Labute approximate surface area is 92.3 Å². The van der Waals surface area contributed by atoms with Crippen LogP contribution in [0.4, 0.5) is 0 Å². The summed E-state index contributed by atoms with van der Waals surface area (Å²) in [5, 5.41) is 0. The molecular weight excluding hydrogens is 184 g/mol. The van der Waals surface area contributed by atoms with E-state index >= 15 is 0 Å². The molecule has 2 rings (SSSR count). The fraction of sp³-hybridized carbons (Fsp3) is 0.615. The van der Waals surface area contributed by atoms with Crippen LogP contribution in [-0.2, 0) is 6.42 Å². The first-order valence-electron chi connectivity index (χ1n) is 5.96. The first-order valence-corrected chi connectivity index (χ1v) is 5.96. The second-order valence-corrected chi connectivity index (χ2v) is 4.49. The quantitative estimate of drug-likeness (QED) is 0.752. The van der Waals surface area contributed by atoms with Gasteiger partial charge in [-0.05, 0) is 51.4 Å².